The molecule has 1 heterocycles. The van der Waals surface area contributed by atoms with Gasteiger partial charge in [-0.05, 0) is 42.7 Å². The molecule has 3 nitrogen and oxygen atoms in total. The van der Waals surface area contributed by atoms with E-state index >= 15 is 0 Å². The van der Waals surface area contributed by atoms with Crippen molar-refractivity contribution in [2.75, 3.05) is 4.31 Å². The second kappa shape index (κ2) is 5.76. The molecule has 1 aliphatic heterocycles. The maximum atomic E-state index is 12.8. The van der Waals surface area contributed by atoms with Crippen molar-refractivity contribution >= 4 is 38.9 Å². The molecule has 6 heteroatoms. The summed E-state index contributed by atoms with van der Waals surface area (Å²) < 4.78 is 27.2. The number of benzene rings is 2. The van der Waals surface area contributed by atoms with E-state index in [0.717, 1.165) is 17.7 Å². The normalized spacial score (nSPS) is 17.6. The maximum absolute atomic E-state index is 12.8. The number of fused-ring (bicyclic) bond motifs is 1. The first-order valence-electron chi connectivity index (χ1n) is 6.92. The highest BCUT2D eigenvalue weighted by Gasteiger charge is 2.34. The summed E-state index contributed by atoms with van der Waals surface area (Å²) in [6.07, 6.45) is 0.733. The van der Waals surface area contributed by atoms with Crippen LogP contribution in [0.5, 0.6) is 0 Å². The molecule has 0 fully saturated rings. The van der Waals surface area contributed by atoms with Crippen LogP contribution in [0.15, 0.2) is 42.5 Å². The van der Waals surface area contributed by atoms with Crippen LogP contribution in [-0.4, -0.2) is 14.5 Å². The molecule has 0 radical (unpaired) electrons. The molecule has 0 saturated carbocycles. The molecule has 2 aromatic carbocycles. The minimum atomic E-state index is -3.47. The van der Waals surface area contributed by atoms with Crippen LogP contribution in [0.1, 0.15) is 18.1 Å². The van der Waals surface area contributed by atoms with Gasteiger partial charge in [-0.1, -0.05) is 47.5 Å². The standard InChI is InChI=1S/C16H15Cl2NO2S/c1-11-8-13-4-2-3-5-16(13)19(11)22(20,21)10-12-6-7-14(17)15(18)9-12/h2-7,9,11H,8,10H2,1H3/t11-/m1/s1. The van der Waals surface area contributed by atoms with Gasteiger partial charge in [0.05, 0.1) is 21.5 Å². The summed E-state index contributed by atoms with van der Waals surface area (Å²) in [5.41, 5.74) is 2.47. The molecule has 116 valence electrons. The van der Waals surface area contributed by atoms with Gasteiger partial charge in [-0.3, -0.25) is 4.31 Å². The highest BCUT2D eigenvalue weighted by atomic mass is 35.5. The summed E-state index contributed by atoms with van der Waals surface area (Å²) >= 11 is 11.8. The first kappa shape index (κ1) is 15.7. The minimum Gasteiger partial charge on any atom is -0.267 e. The summed E-state index contributed by atoms with van der Waals surface area (Å²) in [6.45, 7) is 1.92. The number of anilines is 1. The average Bonchev–Trinajstić information content (AvgIpc) is 2.79. The van der Waals surface area contributed by atoms with Gasteiger partial charge in [-0.25, -0.2) is 8.42 Å². The van der Waals surface area contributed by atoms with E-state index in [1.165, 1.54) is 4.31 Å². The topological polar surface area (TPSA) is 37.4 Å². The summed E-state index contributed by atoms with van der Waals surface area (Å²) in [5.74, 6) is -0.0947. The first-order chi connectivity index (χ1) is 10.4. The minimum absolute atomic E-state index is 0.0785. The van der Waals surface area contributed by atoms with Crippen LogP contribution in [-0.2, 0) is 22.2 Å². The lowest BCUT2D eigenvalue weighted by molar-refractivity contribution is 0.583. The van der Waals surface area contributed by atoms with E-state index in [2.05, 4.69) is 0 Å². The van der Waals surface area contributed by atoms with Crippen molar-refractivity contribution in [3.05, 3.63) is 63.6 Å². The van der Waals surface area contributed by atoms with E-state index in [-0.39, 0.29) is 11.8 Å². The SMILES string of the molecule is C[C@@H]1Cc2ccccc2N1S(=O)(=O)Cc1ccc(Cl)c(Cl)c1. The fourth-order valence-corrected chi connectivity index (χ4v) is 5.03. The Morgan fingerprint density at radius 1 is 1.14 bits per heavy atom. The molecule has 22 heavy (non-hydrogen) atoms. The molecule has 3 rings (SSSR count). The Bertz CT molecular complexity index is 821. The lowest BCUT2D eigenvalue weighted by atomic mass is 10.1. The van der Waals surface area contributed by atoms with E-state index < -0.39 is 10.0 Å². The van der Waals surface area contributed by atoms with E-state index in [0.29, 0.717) is 15.6 Å². The predicted octanol–water partition coefficient (Wildman–Crippen LogP) is 4.27. The maximum Gasteiger partial charge on any atom is 0.239 e. The Kier molecular flexibility index (Phi) is 4.10. The number of para-hydroxylation sites is 1. The molecule has 0 amide bonds. The van der Waals surface area contributed by atoms with Crippen LogP contribution < -0.4 is 4.31 Å². The van der Waals surface area contributed by atoms with Gasteiger partial charge in [0.15, 0.2) is 0 Å². The van der Waals surface area contributed by atoms with Gasteiger partial charge in [0.1, 0.15) is 0 Å². The highest BCUT2D eigenvalue weighted by Crippen LogP contribution is 2.35. The van der Waals surface area contributed by atoms with Crippen molar-refractivity contribution in [3.63, 3.8) is 0 Å². The van der Waals surface area contributed by atoms with Crippen molar-refractivity contribution < 1.29 is 8.42 Å². The van der Waals surface area contributed by atoms with Gasteiger partial charge in [0, 0.05) is 6.04 Å². The fourth-order valence-electron chi connectivity index (χ4n) is 2.87. The van der Waals surface area contributed by atoms with Gasteiger partial charge in [-0.15, -0.1) is 0 Å². The molecular weight excluding hydrogens is 341 g/mol. The second-order valence-corrected chi connectivity index (χ2v) is 8.14. The Labute approximate surface area is 140 Å². The number of hydrogen-bond acceptors (Lipinski definition) is 2. The zero-order valence-electron chi connectivity index (χ0n) is 12.0. The van der Waals surface area contributed by atoms with Crippen molar-refractivity contribution in [3.8, 4) is 0 Å². The van der Waals surface area contributed by atoms with Gasteiger partial charge >= 0.3 is 0 Å². The zero-order chi connectivity index (χ0) is 15.9. The number of sulfonamides is 1. The van der Waals surface area contributed by atoms with Crippen molar-refractivity contribution in [1.29, 1.82) is 0 Å². The molecule has 0 saturated heterocycles. The van der Waals surface area contributed by atoms with E-state index in [1.807, 2.05) is 31.2 Å². The fraction of sp³-hybridized carbons (Fsp3) is 0.250. The molecule has 0 aliphatic carbocycles. The summed E-state index contributed by atoms with van der Waals surface area (Å²) in [6, 6.07) is 12.5. The van der Waals surface area contributed by atoms with Crippen LogP contribution in [0.3, 0.4) is 0 Å². The molecule has 0 spiro atoms. The smallest absolute Gasteiger partial charge is 0.239 e. The monoisotopic (exact) mass is 355 g/mol. The van der Waals surface area contributed by atoms with Gasteiger partial charge in [0.25, 0.3) is 0 Å². The third-order valence-electron chi connectivity index (χ3n) is 3.78. The number of halogens is 2. The van der Waals surface area contributed by atoms with E-state index in [4.69, 9.17) is 23.2 Å². The largest absolute Gasteiger partial charge is 0.267 e. The second-order valence-electron chi connectivity index (χ2n) is 5.48. The molecule has 2 aromatic rings. The van der Waals surface area contributed by atoms with Crippen LogP contribution in [0.4, 0.5) is 5.69 Å². The zero-order valence-corrected chi connectivity index (χ0v) is 14.3. The van der Waals surface area contributed by atoms with Gasteiger partial charge in [0.2, 0.25) is 10.0 Å². The molecule has 0 unspecified atom stereocenters. The quantitative estimate of drug-likeness (QED) is 0.823. The van der Waals surface area contributed by atoms with Gasteiger partial charge < -0.3 is 0 Å². The van der Waals surface area contributed by atoms with Crippen LogP contribution in [0, 0.1) is 0 Å². The average molecular weight is 356 g/mol. The lowest BCUT2D eigenvalue weighted by Crippen LogP contribution is -2.36. The van der Waals surface area contributed by atoms with Crippen molar-refractivity contribution in [2.24, 2.45) is 0 Å². The first-order valence-corrected chi connectivity index (χ1v) is 9.29. The molecule has 1 atom stereocenters. The van der Waals surface area contributed by atoms with Gasteiger partial charge in [-0.2, -0.15) is 0 Å². The summed E-state index contributed by atoms with van der Waals surface area (Å²) in [5, 5.41) is 0.784. The Hall–Kier alpha value is -1.23. The Morgan fingerprint density at radius 2 is 1.86 bits per heavy atom. The van der Waals surface area contributed by atoms with Crippen LogP contribution in [0.25, 0.3) is 0 Å². The molecular formula is C16H15Cl2NO2S. The number of nitrogens with zero attached hydrogens (tertiary/aromatic N) is 1. The van der Waals surface area contributed by atoms with Crippen LogP contribution in [0.2, 0.25) is 10.0 Å². The Morgan fingerprint density at radius 3 is 2.59 bits per heavy atom. The lowest BCUT2D eigenvalue weighted by Gasteiger charge is -2.24. The Balaban J connectivity index is 1.95. The van der Waals surface area contributed by atoms with Crippen LogP contribution >= 0.6 is 23.2 Å². The molecule has 1 aliphatic rings. The molecule has 0 aromatic heterocycles. The summed E-state index contributed by atoms with van der Waals surface area (Å²) in [4.78, 5) is 0. The van der Waals surface area contributed by atoms with Crippen molar-refractivity contribution in [2.45, 2.75) is 25.1 Å². The molecule has 0 bridgehead atoms. The number of hydrogen-bond donors (Lipinski definition) is 0. The predicted molar refractivity (Wildman–Crippen MR) is 91.2 cm³/mol. The van der Waals surface area contributed by atoms with E-state index in [9.17, 15) is 8.42 Å². The third-order valence-corrected chi connectivity index (χ3v) is 6.37. The van der Waals surface area contributed by atoms with E-state index in [1.54, 1.807) is 18.2 Å². The highest BCUT2D eigenvalue weighted by molar-refractivity contribution is 7.92. The number of rotatable bonds is 3. The third kappa shape index (κ3) is 2.83. The molecule has 0 N–H and O–H groups in total. The summed E-state index contributed by atoms with van der Waals surface area (Å²) in [7, 11) is -3.47. The van der Waals surface area contributed by atoms with Crippen molar-refractivity contribution in [1.82, 2.24) is 0 Å².